The third kappa shape index (κ3) is 4.50. The van der Waals surface area contributed by atoms with Crippen LogP contribution in [0.3, 0.4) is 0 Å². The maximum atomic E-state index is 12.4. The van der Waals surface area contributed by atoms with E-state index in [0.717, 1.165) is 5.56 Å². The third-order valence-corrected chi connectivity index (χ3v) is 4.78. The summed E-state index contributed by atoms with van der Waals surface area (Å²) in [4.78, 5) is 4.28. The Morgan fingerprint density at radius 2 is 1.88 bits per heavy atom. The molecule has 0 spiro atoms. The normalized spacial score (nSPS) is 11.6. The number of aryl methyl sites for hydroxylation is 1. The fourth-order valence-corrected chi connectivity index (χ4v) is 3.05. The molecule has 0 saturated carbocycles. The van der Waals surface area contributed by atoms with E-state index in [-0.39, 0.29) is 10.6 Å². The van der Waals surface area contributed by atoms with E-state index in [2.05, 4.69) is 10.3 Å². The quantitative estimate of drug-likeness (QED) is 0.296. The summed E-state index contributed by atoms with van der Waals surface area (Å²) in [5.74, 6) is 0.0874. The van der Waals surface area contributed by atoms with Crippen LogP contribution in [0, 0.1) is 18.4 Å². The zero-order valence-electron chi connectivity index (χ0n) is 13.1. The summed E-state index contributed by atoms with van der Waals surface area (Å²) in [6.07, 6.45) is 3.52. The van der Waals surface area contributed by atoms with Gasteiger partial charge in [0, 0.05) is 0 Å². The molecule has 2 aromatic carbocycles. The minimum absolute atomic E-state index is 0.0622. The molecule has 0 atom stereocenters. The number of hydrogen-bond donors (Lipinski definition) is 1. The van der Waals surface area contributed by atoms with E-state index in [0.29, 0.717) is 10.9 Å². The van der Waals surface area contributed by atoms with Crippen molar-refractivity contribution < 1.29 is 12.6 Å². The molecule has 0 heterocycles. The van der Waals surface area contributed by atoms with Gasteiger partial charge in [0.25, 0.3) is 0 Å². The van der Waals surface area contributed by atoms with Crippen molar-refractivity contribution in [2.45, 2.75) is 11.8 Å². The molecule has 2 aromatic rings. The Balaban J connectivity index is 2.37. The van der Waals surface area contributed by atoms with Gasteiger partial charge in [-0.2, -0.15) is 13.7 Å². The second-order valence-electron chi connectivity index (χ2n) is 4.68. The lowest BCUT2D eigenvalue weighted by Crippen LogP contribution is -2.13. The van der Waals surface area contributed by atoms with Crippen molar-refractivity contribution in [2.75, 3.05) is 6.26 Å². The van der Waals surface area contributed by atoms with Gasteiger partial charge in [-0.25, -0.2) is 4.99 Å². The topological polar surface area (TPSA) is 91.5 Å². The summed E-state index contributed by atoms with van der Waals surface area (Å²) >= 11 is 1.23. The predicted octanol–water partition coefficient (Wildman–Crippen LogP) is 3.18. The molecule has 0 amide bonds. The van der Waals surface area contributed by atoms with Gasteiger partial charge in [-0.05, 0) is 37.4 Å². The van der Waals surface area contributed by atoms with E-state index in [1.54, 1.807) is 42.8 Å². The number of thioether (sulfide) groups is 1. The average Bonchev–Trinajstić information content (AvgIpc) is 2.56. The summed E-state index contributed by atoms with van der Waals surface area (Å²) in [5, 5.41) is 11.4. The van der Waals surface area contributed by atoms with Gasteiger partial charge in [0.2, 0.25) is 0 Å². The molecule has 0 aliphatic heterocycles. The molecule has 1 N–H and O–H groups in total. The number of rotatable bonds is 4. The summed E-state index contributed by atoms with van der Waals surface area (Å²) in [6.45, 7) is 1.87. The van der Waals surface area contributed by atoms with Crippen LogP contribution in [0.25, 0.3) is 0 Å². The molecule has 24 heavy (non-hydrogen) atoms. The lowest BCUT2D eigenvalue weighted by molar-refractivity contribution is 0.486. The van der Waals surface area contributed by atoms with Crippen LogP contribution in [-0.2, 0) is 10.1 Å². The first-order chi connectivity index (χ1) is 11.5. The highest BCUT2D eigenvalue weighted by Crippen LogP contribution is 2.30. The van der Waals surface area contributed by atoms with Crippen LogP contribution < -0.4 is 9.50 Å². The van der Waals surface area contributed by atoms with Gasteiger partial charge in [-0.15, -0.1) is 0 Å². The van der Waals surface area contributed by atoms with E-state index in [1.165, 1.54) is 30.0 Å². The first-order valence-corrected chi connectivity index (χ1v) is 9.47. The van der Waals surface area contributed by atoms with E-state index in [1.807, 2.05) is 6.92 Å². The minimum atomic E-state index is -3.97. The number of aliphatic imine (C=N–C) groups is 1. The first-order valence-electron chi connectivity index (χ1n) is 6.84. The lowest BCUT2D eigenvalue weighted by atomic mass is 10.2. The van der Waals surface area contributed by atoms with Crippen LogP contribution in [-0.4, -0.2) is 19.8 Å². The largest absolute Gasteiger partial charge is 0.377 e. The maximum absolute atomic E-state index is 12.4. The number of benzene rings is 2. The fourth-order valence-electron chi connectivity index (χ4n) is 1.77. The van der Waals surface area contributed by atoms with Crippen LogP contribution >= 0.6 is 11.8 Å². The molecule has 0 saturated heterocycles. The summed E-state index contributed by atoms with van der Waals surface area (Å²) in [5.41, 5.74) is 1.26. The van der Waals surface area contributed by atoms with Gasteiger partial charge < -0.3 is 4.18 Å². The molecule has 6 nitrogen and oxygen atoms in total. The van der Waals surface area contributed by atoms with E-state index >= 15 is 0 Å². The number of nitrogens with zero attached hydrogens (tertiary/aromatic N) is 2. The van der Waals surface area contributed by atoms with Crippen LogP contribution in [0.15, 0.2) is 58.4 Å². The fraction of sp³-hybridized carbons (Fsp3) is 0.125. The smallest absolute Gasteiger partial charge is 0.339 e. The zero-order valence-corrected chi connectivity index (χ0v) is 14.7. The van der Waals surface area contributed by atoms with Crippen molar-refractivity contribution in [3.05, 3.63) is 54.1 Å². The van der Waals surface area contributed by atoms with Crippen LogP contribution in [0.5, 0.6) is 5.75 Å². The van der Waals surface area contributed by atoms with Crippen molar-refractivity contribution in [2.24, 2.45) is 4.99 Å². The number of amidine groups is 1. The molecular formula is C16H15N3O3S2. The Bertz CT molecular complexity index is 886. The molecule has 8 heteroatoms. The molecule has 0 aromatic heterocycles. The Morgan fingerprint density at radius 3 is 2.50 bits per heavy atom. The first kappa shape index (κ1) is 17.8. The van der Waals surface area contributed by atoms with Gasteiger partial charge >= 0.3 is 10.1 Å². The highest BCUT2D eigenvalue weighted by Gasteiger charge is 2.18. The molecule has 2 rings (SSSR count). The van der Waals surface area contributed by atoms with Crippen molar-refractivity contribution in [1.29, 1.82) is 5.26 Å². The second kappa shape index (κ2) is 7.86. The zero-order chi connectivity index (χ0) is 17.6. The monoisotopic (exact) mass is 361 g/mol. The molecular weight excluding hydrogens is 346 g/mol. The van der Waals surface area contributed by atoms with E-state index in [4.69, 9.17) is 9.44 Å². The number of para-hydroxylation sites is 2. The Hall–Kier alpha value is -2.50. The second-order valence-corrected chi connectivity index (χ2v) is 7.02. The van der Waals surface area contributed by atoms with Crippen molar-refractivity contribution in [1.82, 2.24) is 5.32 Å². The van der Waals surface area contributed by atoms with Gasteiger partial charge in [-0.3, -0.25) is 5.32 Å². The van der Waals surface area contributed by atoms with E-state index < -0.39 is 10.1 Å². The highest BCUT2D eigenvalue weighted by atomic mass is 32.2. The highest BCUT2D eigenvalue weighted by molar-refractivity contribution is 8.13. The molecule has 0 radical (unpaired) electrons. The van der Waals surface area contributed by atoms with Crippen molar-refractivity contribution in [3.8, 4) is 11.9 Å². The van der Waals surface area contributed by atoms with E-state index in [9.17, 15) is 8.42 Å². The predicted molar refractivity (Wildman–Crippen MR) is 94.8 cm³/mol. The van der Waals surface area contributed by atoms with Gasteiger partial charge in [0.1, 0.15) is 10.6 Å². The molecule has 0 unspecified atom stereocenters. The van der Waals surface area contributed by atoms with Crippen LogP contribution in [0.4, 0.5) is 5.69 Å². The van der Waals surface area contributed by atoms with Gasteiger partial charge in [0.05, 0.1) is 0 Å². The summed E-state index contributed by atoms with van der Waals surface area (Å²) < 4.78 is 30.0. The molecule has 0 aliphatic carbocycles. The van der Waals surface area contributed by atoms with Crippen molar-refractivity contribution in [3.63, 3.8) is 0 Å². The minimum Gasteiger partial charge on any atom is -0.377 e. The third-order valence-electron chi connectivity index (χ3n) is 2.95. The number of nitriles is 1. The molecule has 124 valence electrons. The Kier molecular flexibility index (Phi) is 5.84. The standard InChI is InChI=1S/C16H15N3O3S2/c1-12-7-9-13(10-8-12)24(20,21)22-15-6-4-3-5-14(15)19-16(23-2)18-11-17/h3-10H,1-2H3,(H,18,19). The molecule has 0 bridgehead atoms. The van der Waals surface area contributed by atoms with Crippen LogP contribution in [0.1, 0.15) is 5.56 Å². The summed E-state index contributed by atoms with van der Waals surface area (Å²) in [6, 6.07) is 12.8. The average molecular weight is 361 g/mol. The SMILES string of the molecule is CSC(=Nc1ccccc1OS(=O)(=O)c1ccc(C)cc1)NC#N. The Morgan fingerprint density at radius 1 is 1.21 bits per heavy atom. The molecule has 0 fully saturated rings. The molecule has 0 aliphatic rings. The number of hydrogen-bond acceptors (Lipinski definition) is 6. The Labute approximate surface area is 145 Å². The van der Waals surface area contributed by atoms with Gasteiger partial charge in [-0.1, -0.05) is 41.6 Å². The number of nitrogens with one attached hydrogen (secondary N) is 1. The maximum Gasteiger partial charge on any atom is 0.339 e. The summed E-state index contributed by atoms with van der Waals surface area (Å²) in [7, 11) is -3.97. The van der Waals surface area contributed by atoms with Gasteiger partial charge in [0.15, 0.2) is 17.1 Å². The van der Waals surface area contributed by atoms with Crippen molar-refractivity contribution >= 4 is 32.7 Å². The van der Waals surface area contributed by atoms with Crippen LogP contribution in [0.2, 0.25) is 0 Å². The lowest BCUT2D eigenvalue weighted by Gasteiger charge is -2.10.